The van der Waals surface area contributed by atoms with E-state index >= 15 is 0 Å². The largest absolute Gasteiger partial charge is 0.490 e. The molecule has 0 atom stereocenters. The van der Waals surface area contributed by atoms with Gasteiger partial charge in [-0.15, -0.1) is 0 Å². The Labute approximate surface area is 212 Å². The van der Waals surface area contributed by atoms with E-state index in [-0.39, 0.29) is 29.3 Å². The topological polar surface area (TPSA) is 120 Å². The lowest BCUT2D eigenvalue weighted by molar-refractivity contribution is -0.384. The number of amides is 1. The van der Waals surface area contributed by atoms with Gasteiger partial charge in [-0.05, 0) is 59.2 Å². The van der Waals surface area contributed by atoms with Crippen LogP contribution in [0.5, 0.6) is 11.5 Å². The van der Waals surface area contributed by atoms with Gasteiger partial charge in [-0.25, -0.2) is 10.2 Å². The van der Waals surface area contributed by atoms with E-state index < -0.39 is 10.9 Å². The van der Waals surface area contributed by atoms with Crippen LogP contribution in [-0.4, -0.2) is 29.6 Å². The molecule has 0 spiro atoms. The minimum atomic E-state index is -0.682. The third-order valence-electron chi connectivity index (χ3n) is 5.42. The monoisotopic (exact) mass is 497 g/mol. The van der Waals surface area contributed by atoms with Crippen LogP contribution in [0.4, 0.5) is 5.69 Å². The minimum Gasteiger partial charge on any atom is -0.490 e. The SMILES string of the molecule is CCOc1cc(/C=N/NC(=O)Cc2cccc3ccccc23)ccc1OC(=O)c1ccc([N+](=O)[O-])cc1. The van der Waals surface area contributed by atoms with Crippen molar-refractivity contribution >= 4 is 34.6 Å². The predicted octanol–water partition coefficient (Wildman–Crippen LogP) is 5.06. The molecule has 0 aliphatic heterocycles. The molecular formula is C28H23N3O6. The van der Waals surface area contributed by atoms with Gasteiger partial charge in [-0.2, -0.15) is 5.10 Å². The van der Waals surface area contributed by atoms with Crippen LogP contribution in [0, 0.1) is 10.1 Å². The highest BCUT2D eigenvalue weighted by atomic mass is 16.6. The molecule has 0 unspecified atom stereocenters. The van der Waals surface area contributed by atoms with Gasteiger partial charge >= 0.3 is 5.97 Å². The van der Waals surface area contributed by atoms with Crippen molar-refractivity contribution in [2.75, 3.05) is 6.61 Å². The number of fused-ring (bicyclic) bond motifs is 1. The maximum atomic E-state index is 12.5. The highest BCUT2D eigenvalue weighted by Crippen LogP contribution is 2.29. The molecule has 37 heavy (non-hydrogen) atoms. The maximum Gasteiger partial charge on any atom is 0.343 e. The van der Waals surface area contributed by atoms with Crippen molar-refractivity contribution in [2.45, 2.75) is 13.3 Å². The van der Waals surface area contributed by atoms with E-state index in [9.17, 15) is 19.7 Å². The lowest BCUT2D eigenvalue weighted by atomic mass is 10.0. The molecule has 186 valence electrons. The molecule has 0 saturated carbocycles. The number of esters is 1. The molecule has 0 aromatic heterocycles. The molecule has 9 nitrogen and oxygen atoms in total. The molecule has 1 amide bonds. The first-order chi connectivity index (χ1) is 17.9. The molecule has 4 aromatic rings. The van der Waals surface area contributed by atoms with Crippen LogP contribution in [0.15, 0.2) is 90.0 Å². The zero-order valence-electron chi connectivity index (χ0n) is 19.9. The van der Waals surface area contributed by atoms with Crippen molar-refractivity contribution in [3.63, 3.8) is 0 Å². The normalized spacial score (nSPS) is 10.8. The Balaban J connectivity index is 1.41. The molecule has 0 fully saturated rings. The van der Waals surface area contributed by atoms with Gasteiger partial charge in [0.25, 0.3) is 5.69 Å². The Morgan fingerprint density at radius 1 is 0.973 bits per heavy atom. The van der Waals surface area contributed by atoms with E-state index in [1.54, 1.807) is 25.1 Å². The second-order valence-electron chi connectivity index (χ2n) is 7.94. The van der Waals surface area contributed by atoms with Gasteiger partial charge in [0.2, 0.25) is 5.91 Å². The van der Waals surface area contributed by atoms with E-state index in [4.69, 9.17) is 9.47 Å². The van der Waals surface area contributed by atoms with Crippen LogP contribution in [0.25, 0.3) is 10.8 Å². The molecule has 1 N–H and O–H groups in total. The summed E-state index contributed by atoms with van der Waals surface area (Å²) < 4.78 is 11.0. The molecule has 0 radical (unpaired) electrons. The van der Waals surface area contributed by atoms with Crippen molar-refractivity contribution in [3.05, 3.63) is 112 Å². The summed E-state index contributed by atoms with van der Waals surface area (Å²) in [5.41, 5.74) is 4.09. The van der Waals surface area contributed by atoms with Crippen molar-refractivity contribution in [2.24, 2.45) is 5.10 Å². The van der Waals surface area contributed by atoms with Crippen LogP contribution in [0.3, 0.4) is 0 Å². The molecule has 0 heterocycles. The summed E-state index contributed by atoms with van der Waals surface area (Å²) in [5, 5.41) is 16.9. The summed E-state index contributed by atoms with van der Waals surface area (Å²) >= 11 is 0. The third kappa shape index (κ3) is 6.34. The molecule has 4 rings (SSSR count). The Bertz CT molecular complexity index is 1480. The van der Waals surface area contributed by atoms with Gasteiger partial charge in [0.1, 0.15) is 0 Å². The second kappa shape index (κ2) is 11.6. The first kappa shape index (κ1) is 25.1. The number of hydrazone groups is 1. The summed E-state index contributed by atoms with van der Waals surface area (Å²) in [6, 6.07) is 23.6. The summed E-state index contributed by atoms with van der Waals surface area (Å²) in [7, 11) is 0. The molecule has 0 saturated heterocycles. The number of nitrogens with zero attached hydrogens (tertiary/aromatic N) is 2. The molecular weight excluding hydrogens is 474 g/mol. The van der Waals surface area contributed by atoms with Crippen LogP contribution in [-0.2, 0) is 11.2 Å². The number of hydrogen-bond donors (Lipinski definition) is 1. The van der Waals surface area contributed by atoms with E-state index in [1.165, 1.54) is 30.5 Å². The van der Waals surface area contributed by atoms with Gasteiger partial charge in [-0.3, -0.25) is 14.9 Å². The van der Waals surface area contributed by atoms with Gasteiger partial charge in [-0.1, -0.05) is 42.5 Å². The summed E-state index contributed by atoms with van der Waals surface area (Å²) in [4.78, 5) is 35.2. The number of hydrogen-bond acceptors (Lipinski definition) is 7. The van der Waals surface area contributed by atoms with Crippen LogP contribution in [0.2, 0.25) is 0 Å². The summed E-state index contributed by atoms with van der Waals surface area (Å²) in [6.45, 7) is 2.11. The van der Waals surface area contributed by atoms with Crippen molar-refractivity contribution in [1.82, 2.24) is 5.43 Å². The number of nitro groups is 1. The fraction of sp³-hybridized carbons (Fsp3) is 0.107. The highest BCUT2D eigenvalue weighted by molar-refractivity contribution is 5.92. The Morgan fingerprint density at radius 2 is 1.73 bits per heavy atom. The number of rotatable bonds is 9. The van der Waals surface area contributed by atoms with Gasteiger partial charge in [0.15, 0.2) is 11.5 Å². The Morgan fingerprint density at radius 3 is 2.49 bits per heavy atom. The van der Waals surface area contributed by atoms with Gasteiger partial charge in [0.05, 0.1) is 29.7 Å². The third-order valence-corrected chi connectivity index (χ3v) is 5.42. The smallest absolute Gasteiger partial charge is 0.343 e. The maximum absolute atomic E-state index is 12.5. The quantitative estimate of drug-likeness (QED) is 0.113. The predicted molar refractivity (Wildman–Crippen MR) is 139 cm³/mol. The molecule has 0 bridgehead atoms. The number of benzene rings is 4. The van der Waals surface area contributed by atoms with Crippen LogP contribution >= 0.6 is 0 Å². The Hall–Kier alpha value is -5.05. The first-order valence-corrected chi connectivity index (χ1v) is 11.5. The number of ether oxygens (including phenoxy) is 2. The Kier molecular flexibility index (Phi) is 7.85. The molecule has 4 aromatic carbocycles. The van der Waals surface area contributed by atoms with E-state index in [2.05, 4.69) is 10.5 Å². The van der Waals surface area contributed by atoms with Crippen molar-refractivity contribution in [3.8, 4) is 11.5 Å². The number of nitrogens with one attached hydrogen (secondary N) is 1. The fourth-order valence-corrected chi connectivity index (χ4v) is 3.67. The van der Waals surface area contributed by atoms with Crippen molar-refractivity contribution < 1.29 is 24.0 Å². The standard InChI is InChI=1S/C28H23N3O6/c1-2-36-26-16-19(10-15-25(26)37-28(33)21-11-13-23(14-12-21)31(34)35)18-29-30-27(32)17-22-8-5-7-20-6-3-4-9-24(20)22/h3-16,18H,2,17H2,1H3,(H,30,32)/b29-18+. The highest BCUT2D eigenvalue weighted by Gasteiger charge is 2.15. The van der Waals surface area contributed by atoms with E-state index in [0.717, 1.165) is 16.3 Å². The van der Waals surface area contributed by atoms with Gasteiger partial charge < -0.3 is 9.47 Å². The van der Waals surface area contributed by atoms with E-state index in [0.29, 0.717) is 17.9 Å². The first-order valence-electron chi connectivity index (χ1n) is 11.5. The summed E-state index contributed by atoms with van der Waals surface area (Å²) in [6.07, 6.45) is 1.64. The average molecular weight is 498 g/mol. The second-order valence-corrected chi connectivity index (χ2v) is 7.94. The number of nitro benzene ring substituents is 1. The fourth-order valence-electron chi connectivity index (χ4n) is 3.67. The number of non-ortho nitro benzene ring substituents is 1. The minimum absolute atomic E-state index is 0.126. The zero-order chi connectivity index (χ0) is 26.2. The molecule has 0 aliphatic rings. The van der Waals surface area contributed by atoms with E-state index in [1.807, 2.05) is 42.5 Å². The van der Waals surface area contributed by atoms with Crippen molar-refractivity contribution in [1.29, 1.82) is 0 Å². The molecule has 9 heteroatoms. The lowest BCUT2D eigenvalue weighted by Crippen LogP contribution is -2.19. The molecule has 0 aliphatic carbocycles. The average Bonchev–Trinajstić information content (AvgIpc) is 2.90. The zero-order valence-corrected chi connectivity index (χ0v) is 19.9. The van der Waals surface area contributed by atoms with Crippen LogP contribution in [0.1, 0.15) is 28.4 Å². The number of carbonyl (C=O) groups excluding carboxylic acids is 2. The van der Waals surface area contributed by atoms with Crippen LogP contribution < -0.4 is 14.9 Å². The summed E-state index contributed by atoms with van der Waals surface area (Å²) in [5.74, 6) is -0.449. The van der Waals surface area contributed by atoms with Gasteiger partial charge in [0, 0.05) is 12.1 Å². The number of carbonyl (C=O) groups is 2. The lowest BCUT2D eigenvalue weighted by Gasteiger charge is -2.11.